The van der Waals surface area contributed by atoms with E-state index in [4.69, 9.17) is 4.99 Å². The summed E-state index contributed by atoms with van der Waals surface area (Å²) in [5.74, 6) is 0. The maximum Gasteiger partial charge on any atom is 0.0965 e. The molecule has 0 aliphatic carbocycles. The number of aliphatic imine (C=N–C) groups is 1. The summed E-state index contributed by atoms with van der Waals surface area (Å²) in [6.45, 7) is 0. The van der Waals surface area contributed by atoms with Gasteiger partial charge in [-0.05, 0) is 42.4 Å². The van der Waals surface area contributed by atoms with E-state index in [1.54, 1.807) is 23.5 Å². The van der Waals surface area contributed by atoms with E-state index in [-0.39, 0.29) is 0 Å². The van der Waals surface area contributed by atoms with Crippen molar-refractivity contribution in [3.05, 3.63) is 71.6 Å². The number of aromatic amines is 1. The van der Waals surface area contributed by atoms with Crippen LogP contribution in [0.3, 0.4) is 0 Å². The molecule has 2 aromatic rings. The van der Waals surface area contributed by atoms with Crippen LogP contribution in [-0.4, -0.2) is 22.5 Å². The predicted molar refractivity (Wildman–Crippen MR) is 95.1 cm³/mol. The summed E-state index contributed by atoms with van der Waals surface area (Å²) >= 11 is 3.38. The second-order valence-corrected chi connectivity index (χ2v) is 6.23. The Balaban J connectivity index is 2.15. The first-order valence-electron chi connectivity index (χ1n) is 6.65. The van der Waals surface area contributed by atoms with Gasteiger partial charge in [-0.1, -0.05) is 30.3 Å². The van der Waals surface area contributed by atoms with Gasteiger partial charge in [-0.3, -0.25) is 0 Å². The molecular weight excluding hydrogens is 296 g/mol. The van der Waals surface area contributed by atoms with Crippen LogP contribution >= 0.6 is 23.5 Å². The van der Waals surface area contributed by atoms with Crippen molar-refractivity contribution >= 4 is 34.1 Å². The largest absolute Gasteiger partial charge is 0.350 e. The van der Waals surface area contributed by atoms with Crippen molar-refractivity contribution < 1.29 is 0 Å². The van der Waals surface area contributed by atoms with E-state index in [9.17, 15) is 0 Å². The Kier molecular flexibility index (Phi) is 4.36. The summed E-state index contributed by atoms with van der Waals surface area (Å²) < 4.78 is 0. The second-order valence-electron chi connectivity index (χ2n) is 4.55. The van der Waals surface area contributed by atoms with E-state index in [0.717, 1.165) is 27.0 Å². The number of aromatic nitrogens is 1. The van der Waals surface area contributed by atoms with E-state index < -0.39 is 0 Å². The highest BCUT2D eigenvalue weighted by atomic mass is 32.2. The minimum atomic E-state index is 1.01. The highest BCUT2D eigenvalue weighted by Gasteiger charge is 2.15. The standard InChI is InChI=1S/C17H16N2S2/c1-20-15-10-8-13(18-15)17(12-6-4-3-5-7-12)14-9-11-16(19-14)21-2/h3-11,18H,1-2H3/b17-14-. The minimum absolute atomic E-state index is 1.01. The number of allylic oxidation sites excluding steroid dienone is 1. The first kappa shape index (κ1) is 14.3. The molecule has 106 valence electrons. The second kappa shape index (κ2) is 6.41. The molecule has 0 atom stereocenters. The number of nitrogens with zero attached hydrogens (tertiary/aromatic N) is 1. The third kappa shape index (κ3) is 3.01. The highest BCUT2D eigenvalue weighted by Crippen LogP contribution is 2.31. The minimum Gasteiger partial charge on any atom is -0.350 e. The smallest absolute Gasteiger partial charge is 0.0965 e. The summed E-state index contributed by atoms with van der Waals surface area (Å²) in [5.41, 5.74) is 4.45. The number of hydrogen-bond donors (Lipinski definition) is 1. The zero-order valence-electron chi connectivity index (χ0n) is 12.0. The van der Waals surface area contributed by atoms with Gasteiger partial charge in [0.1, 0.15) is 0 Å². The number of hydrogen-bond acceptors (Lipinski definition) is 3. The Hall–Kier alpha value is -1.65. The first-order valence-corrected chi connectivity index (χ1v) is 9.10. The quantitative estimate of drug-likeness (QED) is 0.822. The van der Waals surface area contributed by atoms with Crippen molar-refractivity contribution in [2.24, 2.45) is 4.99 Å². The third-order valence-corrected chi connectivity index (χ3v) is 4.61. The fourth-order valence-corrected chi connectivity index (χ4v) is 3.09. The van der Waals surface area contributed by atoms with Gasteiger partial charge in [0.05, 0.1) is 15.8 Å². The Morgan fingerprint density at radius 2 is 1.76 bits per heavy atom. The van der Waals surface area contributed by atoms with Crippen molar-refractivity contribution in [2.45, 2.75) is 5.03 Å². The molecule has 0 saturated heterocycles. The van der Waals surface area contributed by atoms with Gasteiger partial charge in [0.2, 0.25) is 0 Å². The average molecular weight is 312 g/mol. The summed E-state index contributed by atoms with van der Waals surface area (Å²) in [6.07, 6.45) is 8.29. The molecule has 0 radical (unpaired) electrons. The fraction of sp³-hybridized carbons (Fsp3) is 0.118. The first-order chi connectivity index (χ1) is 10.3. The predicted octanol–water partition coefficient (Wildman–Crippen LogP) is 4.83. The molecule has 0 fully saturated rings. The molecule has 0 unspecified atom stereocenters. The monoisotopic (exact) mass is 312 g/mol. The van der Waals surface area contributed by atoms with E-state index in [2.05, 4.69) is 66.0 Å². The molecule has 0 amide bonds. The molecular formula is C17H16N2S2. The van der Waals surface area contributed by atoms with Crippen LogP contribution in [0.25, 0.3) is 5.57 Å². The fourth-order valence-electron chi connectivity index (χ4n) is 2.28. The molecule has 1 aromatic heterocycles. The summed E-state index contributed by atoms with van der Waals surface area (Å²) in [4.78, 5) is 8.18. The molecule has 1 aliphatic rings. The number of nitrogens with one attached hydrogen (secondary N) is 1. The van der Waals surface area contributed by atoms with Gasteiger partial charge >= 0.3 is 0 Å². The van der Waals surface area contributed by atoms with E-state index in [1.165, 1.54) is 5.56 Å². The van der Waals surface area contributed by atoms with Gasteiger partial charge in [-0.15, -0.1) is 23.5 Å². The molecule has 0 spiro atoms. The van der Waals surface area contributed by atoms with Crippen molar-refractivity contribution in [2.75, 3.05) is 12.5 Å². The molecule has 0 saturated carbocycles. The van der Waals surface area contributed by atoms with E-state index >= 15 is 0 Å². The third-order valence-electron chi connectivity index (χ3n) is 3.29. The Labute approximate surface area is 133 Å². The Morgan fingerprint density at radius 1 is 0.952 bits per heavy atom. The van der Waals surface area contributed by atoms with Gasteiger partial charge in [-0.25, -0.2) is 4.99 Å². The lowest BCUT2D eigenvalue weighted by molar-refractivity contribution is 1.18. The van der Waals surface area contributed by atoms with Crippen LogP contribution in [0.2, 0.25) is 0 Å². The zero-order valence-corrected chi connectivity index (χ0v) is 13.6. The summed E-state index contributed by atoms with van der Waals surface area (Å²) in [6, 6.07) is 14.7. The molecule has 1 N–H and O–H groups in total. The van der Waals surface area contributed by atoms with Crippen molar-refractivity contribution in [1.82, 2.24) is 4.98 Å². The maximum atomic E-state index is 4.72. The van der Waals surface area contributed by atoms with Crippen molar-refractivity contribution in [3.8, 4) is 0 Å². The normalized spacial score (nSPS) is 16.2. The van der Waals surface area contributed by atoms with Gasteiger partial charge in [0, 0.05) is 11.3 Å². The van der Waals surface area contributed by atoms with E-state index in [1.807, 2.05) is 6.07 Å². The Morgan fingerprint density at radius 3 is 2.38 bits per heavy atom. The zero-order chi connectivity index (χ0) is 14.7. The van der Waals surface area contributed by atoms with Crippen LogP contribution in [0.4, 0.5) is 0 Å². The van der Waals surface area contributed by atoms with Crippen LogP contribution in [0.5, 0.6) is 0 Å². The number of rotatable bonds is 3. The lowest BCUT2D eigenvalue weighted by Crippen LogP contribution is -1.92. The average Bonchev–Trinajstić information content (AvgIpc) is 3.18. The molecule has 2 nitrogen and oxygen atoms in total. The van der Waals surface area contributed by atoms with Gasteiger partial charge < -0.3 is 4.98 Å². The topological polar surface area (TPSA) is 28.1 Å². The molecule has 4 heteroatoms. The lowest BCUT2D eigenvalue weighted by atomic mass is 10.0. The summed E-state index contributed by atoms with van der Waals surface area (Å²) in [7, 11) is 0. The molecule has 0 bridgehead atoms. The van der Waals surface area contributed by atoms with Gasteiger partial charge in [-0.2, -0.15) is 0 Å². The molecule has 1 aliphatic heterocycles. The van der Waals surface area contributed by atoms with Gasteiger partial charge in [0.25, 0.3) is 0 Å². The number of benzene rings is 1. The van der Waals surface area contributed by atoms with E-state index in [0.29, 0.717) is 0 Å². The van der Waals surface area contributed by atoms with Crippen LogP contribution in [-0.2, 0) is 0 Å². The van der Waals surface area contributed by atoms with Gasteiger partial charge in [0.15, 0.2) is 0 Å². The van der Waals surface area contributed by atoms with Crippen molar-refractivity contribution in [1.29, 1.82) is 0 Å². The summed E-state index contributed by atoms with van der Waals surface area (Å²) in [5, 5.41) is 2.21. The van der Waals surface area contributed by atoms with Crippen LogP contribution in [0.15, 0.2) is 70.3 Å². The molecule has 2 heterocycles. The number of thioether (sulfide) groups is 2. The molecule has 21 heavy (non-hydrogen) atoms. The van der Waals surface area contributed by atoms with Crippen LogP contribution in [0.1, 0.15) is 11.3 Å². The SMILES string of the molecule is CSC1=N/C(=C(/c2ccccc2)c2ccc(SC)[nH]2)C=C1. The highest BCUT2D eigenvalue weighted by molar-refractivity contribution is 8.13. The lowest BCUT2D eigenvalue weighted by Gasteiger charge is -2.08. The number of H-pyrrole nitrogens is 1. The van der Waals surface area contributed by atoms with Crippen LogP contribution in [0, 0.1) is 0 Å². The van der Waals surface area contributed by atoms with Crippen molar-refractivity contribution in [3.63, 3.8) is 0 Å². The van der Waals surface area contributed by atoms with Crippen LogP contribution < -0.4 is 0 Å². The molecule has 3 rings (SSSR count). The molecule has 1 aromatic carbocycles. The Bertz CT molecular complexity index is 724. The maximum absolute atomic E-state index is 4.72.